The van der Waals surface area contributed by atoms with Crippen molar-refractivity contribution in [3.8, 4) is 0 Å². The molecule has 2 saturated heterocycles. The monoisotopic (exact) mass is 394 g/mol. The zero-order valence-electron chi connectivity index (χ0n) is 17.1. The van der Waals surface area contributed by atoms with Crippen LogP contribution in [0.15, 0.2) is 36.5 Å². The normalized spacial score (nSPS) is 19.1. The first kappa shape index (κ1) is 19.4. The Bertz CT molecular complexity index is 974. The number of pyridine rings is 1. The van der Waals surface area contributed by atoms with Gasteiger partial charge in [-0.25, -0.2) is 4.79 Å². The van der Waals surface area contributed by atoms with Gasteiger partial charge in [0.2, 0.25) is 0 Å². The van der Waals surface area contributed by atoms with E-state index in [-0.39, 0.29) is 23.8 Å². The Hall–Kier alpha value is -2.96. The minimum Gasteiger partial charge on any atom is -0.338 e. The third-order valence-corrected chi connectivity index (χ3v) is 6.04. The number of nitrogens with zero attached hydrogens (tertiary/aromatic N) is 4. The van der Waals surface area contributed by atoms with Gasteiger partial charge in [0.1, 0.15) is 5.54 Å². The lowest BCUT2D eigenvalue weighted by Crippen LogP contribution is -2.58. The summed E-state index contributed by atoms with van der Waals surface area (Å²) in [5.41, 5.74) is 0.581. The van der Waals surface area contributed by atoms with E-state index in [2.05, 4.69) is 4.98 Å². The number of hydrogen-bond donors (Lipinski definition) is 0. The number of carbonyl (C=O) groups is 3. The Morgan fingerprint density at radius 2 is 1.83 bits per heavy atom. The molecule has 4 rings (SSSR count). The number of hydrogen-bond acceptors (Lipinski definition) is 4. The average Bonchev–Trinajstić information content (AvgIpc) is 2.89. The van der Waals surface area contributed by atoms with Crippen LogP contribution in [-0.4, -0.2) is 69.8 Å². The van der Waals surface area contributed by atoms with Crippen LogP contribution in [0.3, 0.4) is 0 Å². The topological polar surface area (TPSA) is 73.8 Å². The van der Waals surface area contributed by atoms with Crippen LogP contribution in [0.4, 0.5) is 4.79 Å². The smallest absolute Gasteiger partial charge is 0.327 e. The summed E-state index contributed by atoms with van der Waals surface area (Å²) in [6, 6.07) is 9.10. The highest BCUT2D eigenvalue weighted by molar-refractivity contribution is 6.08. The molecule has 0 unspecified atom stereocenters. The number of aromatic nitrogens is 1. The SMILES string of the molecule is CC(C)CN1C(=O)N(C)C(=O)C12CCN(C(=O)c1ccnc3ccccc13)CC2. The standard InChI is InChI=1S/C22H26N4O3/c1-15(2)14-26-21(29)24(3)20(28)22(26)9-12-25(13-10-22)19(27)17-8-11-23-18-7-5-4-6-16(17)18/h4-8,11,15H,9-10,12-14H2,1-3H3. The van der Waals surface area contributed by atoms with Crippen molar-refractivity contribution in [1.82, 2.24) is 19.7 Å². The van der Waals surface area contributed by atoms with Crippen LogP contribution in [0, 0.1) is 5.92 Å². The molecule has 7 nitrogen and oxygen atoms in total. The summed E-state index contributed by atoms with van der Waals surface area (Å²) in [5.74, 6) is 0.0570. The van der Waals surface area contributed by atoms with Gasteiger partial charge in [-0.1, -0.05) is 32.0 Å². The van der Waals surface area contributed by atoms with E-state index in [4.69, 9.17) is 0 Å². The van der Waals surface area contributed by atoms with Gasteiger partial charge < -0.3 is 9.80 Å². The van der Waals surface area contributed by atoms with Gasteiger partial charge in [0.05, 0.1) is 11.1 Å². The molecule has 29 heavy (non-hydrogen) atoms. The van der Waals surface area contributed by atoms with E-state index in [1.807, 2.05) is 38.1 Å². The molecule has 0 bridgehead atoms. The maximum Gasteiger partial charge on any atom is 0.327 e. The van der Waals surface area contributed by atoms with Crippen LogP contribution < -0.4 is 0 Å². The van der Waals surface area contributed by atoms with Crippen molar-refractivity contribution in [3.63, 3.8) is 0 Å². The van der Waals surface area contributed by atoms with Crippen molar-refractivity contribution in [2.75, 3.05) is 26.7 Å². The molecule has 2 aliphatic heterocycles. The van der Waals surface area contributed by atoms with Gasteiger partial charge in [-0.2, -0.15) is 0 Å². The summed E-state index contributed by atoms with van der Waals surface area (Å²) in [5, 5.41) is 0.827. The third-order valence-electron chi connectivity index (χ3n) is 6.04. The van der Waals surface area contributed by atoms with Gasteiger partial charge in [0.15, 0.2) is 0 Å². The molecule has 4 amide bonds. The lowest BCUT2D eigenvalue weighted by molar-refractivity contribution is -0.134. The molecule has 1 aromatic carbocycles. The highest BCUT2D eigenvalue weighted by atomic mass is 16.2. The number of benzene rings is 1. The number of para-hydroxylation sites is 1. The summed E-state index contributed by atoms with van der Waals surface area (Å²) in [6.07, 6.45) is 2.58. The minimum atomic E-state index is -0.826. The molecule has 0 atom stereocenters. The number of imide groups is 1. The van der Waals surface area contributed by atoms with Crippen molar-refractivity contribution >= 4 is 28.7 Å². The van der Waals surface area contributed by atoms with E-state index in [1.165, 1.54) is 4.90 Å². The fourth-order valence-electron chi connectivity index (χ4n) is 4.51. The first-order chi connectivity index (χ1) is 13.8. The average molecular weight is 394 g/mol. The van der Waals surface area contributed by atoms with Crippen molar-refractivity contribution in [2.45, 2.75) is 32.2 Å². The largest absolute Gasteiger partial charge is 0.338 e. The van der Waals surface area contributed by atoms with Crippen LogP contribution in [0.5, 0.6) is 0 Å². The number of carbonyl (C=O) groups excluding carboxylic acids is 3. The van der Waals surface area contributed by atoms with Crippen molar-refractivity contribution in [2.24, 2.45) is 5.92 Å². The molecule has 2 aromatic rings. The predicted octanol–water partition coefficient (Wildman–Crippen LogP) is 2.76. The molecule has 1 spiro atoms. The molecule has 0 N–H and O–H groups in total. The highest BCUT2D eigenvalue weighted by Crippen LogP contribution is 2.37. The van der Waals surface area contributed by atoms with Crippen LogP contribution >= 0.6 is 0 Å². The molecule has 152 valence electrons. The van der Waals surface area contributed by atoms with E-state index in [9.17, 15) is 14.4 Å². The van der Waals surface area contributed by atoms with E-state index >= 15 is 0 Å². The minimum absolute atomic E-state index is 0.0565. The predicted molar refractivity (Wildman–Crippen MR) is 109 cm³/mol. The number of amides is 4. The molecule has 1 aromatic heterocycles. The van der Waals surface area contributed by atoms with Crippen molar-refractivity contribution < 1.29 is 14.4 Å². The van der Waals surface area contributed by atoms with Crippen molar-refractivity contribution in [1.29, 1.82) is 0 Å². The molecule has 2 aliphatic rings. The molecule has 3 heterocycles. The van der Waals surface area contributed by atoms with Gasteiger partial charge in [-0.3, -0.25) is 19.5 Å². The van der Waals surface area contributed by atoms with Crippen LogP contribution in [-0.2, 0) is 4.79 Å². The van der Waals surface area contributed by atoms with Gasteiger partial charge >= 0.3 is 6.03 Å². The van der Waals surface area contributed by atoms with Gasteiger partial charge in [-0.05, 0) is 30.9 Å². The molecular weight excluding hydrogens is 368 g/mol. The third kappa shape index (κ3) is 3.05. The molecule has 7 heteroatoms. The summed E-state index contributed by atoms with van der Waals surface area (Å²) in [6.45, 7) is 5.50. The summed E-state index contributed by atoms with van der Waals surface area (Å²) in [7, 11) is 1.55. The first-order valence-corrected chi connectivity index (χ1v) is 10.1. The second kappa shape index (κ2) is 7.13. The number of fused-ring (bicyclic) bond motifs is 1. The summed E-state index contributed by atoms with van der Waals surface area (Å²) in [4.78, 5) is 47.9. The lowest BCUT2D eigenvalue weighted by atomic mass is 9.85. The van der Waals surface area contributed by atoms with Crippen LogP contribution in [0.1, 0.15) is 37.0 Å². The molecule has 0 radical (unpaired) electrons. The van der Waals surface area contributed by atoms with Crippen molar-refractivity contribution in [3.05, 3.63) is 42.1 Å². The molecule has 2 fully saturated rings. The number of rotatable bonds is 3. The van der Waals surface area contributed by atoms with Crippen LogP contribution in [0.2, 0.25) is 0 Å². The Morgan fingerprint density at radius 1 is 1.14 bits per heavy atom. The highest BCUT2D eigenvalue weighted by Gasteiger charge is 2.57. The van der Waals surface area contributed by atoms with E-state index in [1.54, 1.807) is 29.1 Å². The fourth-order valence-corrected chi connectivity index (χ4v) is 4.51. The lowest BCUT2D eigenvalue weighted by Gasteiger charge is -2.42. The van der Waals surface area contributed by atoms with E-state index in [0.717, 1.165) is 10.9 Å². The maximum atomic E-state index is 13.2. The Kier molecular flexibility index (Phi) is 4.76. The number of urea groups is 1. The molecule has 0 aliphatic carbocycles. The van der Waals surface area contributed by atoms with Gasteiger partial charge in [0.25, 0.3) is 11.8 Å². The van der Waals surface area contributed by atoms with E-state index < -0.39 is 5.54 Å². The van der Waals surface area contributed by atoms with Gasteiger partial charge in [-0.15, -0.1) is 0 Å². The zero-order valence-corrected chi connectivity index (χ0v) is 17.1. The second-order valence-electron chi connectivity index (χ2n) is 8.35. The summed E-state index contributed by atoms with van der Waals surface area (Å²) >= 11 is 0. The molecule has 0 saturated carbocycles. The number of likely N-dealkylation sites (N-methyl/N-ethyl adjacent to an activating group) is 1. The van der Waals surface area contributed by atoms with Gasteiger partial charge in [0, 0.05) is 38.3 Å². The Morgan fingerprint density at radius 3 is 2.52 bits per heavy atom. The quantitative estimate of drug-likeness (QED) is 0.751. The fraction of sp³-hybridized carbons (Fsp3) is 0.455. The van der Waals surface area contributed by atoms with E-state index in [0.29, 0.717) is 38.0 Å². The first-order valence-electron chi connectivity index (χ1n) is 10.1. The number of piperidine rings is 1. The summed E-state index contributed by atoms with van der Waals surface area (Å²) < 4.78 is 0. The maximum absolute atomic E-state index is 13.2. The Balaban J connectivity index is 1.57. The van der Waals surface area contributed by atoms with Crippen LogP contribution in [0.25, 0.3) is 10.9 Å². The zero-order chi connectivity index (χ0) is 20.8. The second-order valence-corrected chi connectivity index (χ2v) is 8.35. The molecular formula is C22H26N4O3. The Labute approximate surface area is 170 Å². The number of likely N-dealkylation sites (tertiary alicyclic amines) is 1.